The van der Waals surface area contributed by atoms with E-state index >= 15 is 0 Å². The molecule has 0 radical (unpaired) electrons. The highest BCUT2D eigenvalue weighted by Crippen LogP contribution is 2.43. The van der Waals surface area contributed by atoms with Crippen LogP contribution in [0.2, 0.25) is 0 Å². The number of hydrogen-bond donors (Lipinski definition) is 1. The van der Waals surface area contributed by atoms with E-state index in [-0.39, 0.29) is 5.41 Å². The number of nitrogens with two attached hydrogens (primary N) is 1. The van der Waals surface area contributed by atoms with Gasteiger partial charge in [0.15, 0.2) is 11.5 Å². The maximum atomic E-state index is 6.16. The third-order valence-corrected chi connectivity index (χ3v) is 4.85. The van der Waals surface area contributed by atoms with Crippen LogP contribution in [0.5, 0.6) is 11.5 Å². The van der Waals surface area contributed by atoms with Gasteiger partial charge in [0.05, 0.1) is 13.2 Å². The van der Waals surface area contributed by atoms with Crippen LogP contribution in [0.4, 0.5) is 0 Å². The Morgan fingerprint density at radius 1 is 1.05 bits per heavy atom. The number of fused-ring (bicyclic) bond motifs is 1. The van der Waals surface area contributed by atoms with Crippen LogP contribution in [-0.4, -0.2) is 19.8 Å². The van der Waals surface area contributed by atoms with Gasteiger partial charge in [0.25, 0.3) is 0 Å². The number of ether oxygens (including phenoxy) is 2. The summed E-state index contributed by atoms with van der Waals surface area (Å²) >= 11 is 0. The lowest BCUT2D eigenvalue weighted by molar-refractivity contribution is 0.293. The highest BCUT2D eigenvalue weighted by Gasteiger charge is 2.33. The van der Waals surface area contributed by atoms with E-state index in [2.05, 4.69) is 19.1 Å². The van der Waals surface area contributed by atoms with Gasteiger partial charge < -0.3 is 15.2 Å². The monoisotopic (exact) mass is 275 g/mol. The molecule has 2 N–H and O–H groups in total. The van der Waals surface area contributed by atoms with Crippen molar-refractivity contribution in [1.82, 2.24) is 0 Å². The van der Waals surface area contributed by atoms with Crippen molar-refractivity contribution < 1.29 is 9.47 Å². The second kappa shape index (κ2) is 5.65. The summed E-state index contributed by atoms with van der Waals surface area (Å²) in [6.45, 7) is 4.33. The molecular weight excluding hydrogens is 250 g/mol. The van der Waals surface area contributed by atoms with Gasteiger partial charge in [0.1, 0.15) is 0 Å². The molecule has 110 valence electrons. The van der Waals surface area contributed by atoms with Crippen molar-refractivity contribution in [2.24, 2.45) is 5.73 Å². The average Bonchev–Trinajstić information content (AvgIpc) is 2.73. The van der Waals surface area contributed by atoms with Crippen molar-refractivity contribution in [3.63, 3.8) is 0 Å². The summed E-state index contributed by atoms with van der Waals surface area (Å²) in [6, 6.07) is 4.46. The van der Waals surface area contributed by atoms with E-state index in [0.717, 1.165) is 37.7 Å². The van der Waals surface area contributed by atoms with Crippen LogP contribution in [0.1, 0.15) is 49.7 Å². The molecule has 0 saturated heterocycles. The summed E-state index contributed by atoms with van der Waals surface area (Å²) < 4.78 is 11.7. The molecule has 1 saturated carbocycles. The minimum Gasteiger partial charge on any atom is -0.490 e. The Morgan fingerprint density at radius 2 is 1.80 bits per heavy atom. The summed E-state index contributed by atoms with van der Waals surface area (Å²) in [5.41, 5.74) is 8.83. The van der Waals surface area contributed by atoms with E-state index in [0.29, 0.717) is 0 Å². The first-order valence-electron chi connectivity index (χ1n) is 7.86. The highest BCUT2D eigenvalue weighted by atomic mass is 16.5. The quantitative estimate of drug-likeness (QED) is 0.900. The summed E-state index contributed by atoms with van der Waals surface area (Å²) in [4.78, 5) is 0. The molecule has 3 heteroatoms. The molecule has 3 nitrogen and oxygen atoms in total. The van der Waals surface area contributed by atoms with E-state index in [1.54, 1.807) is 0 Å². The fourth-order valence-corrected chi connectivity index (χ4v) is 3.59. The number of benzene rings is 1. The molecule has 0 aromatic heterocycles. The van der Waals surface area contributed by atoms with Crippen molar-refractivity contribution in [2.75, 3.05) is 19.8 Å². The van der Waals surface area contributed by atoms with Crippen molar-refractivity contribution in [3.8, 4) is 11.5 Å². The van der Waals surface area contributed by atoms with Crippen LogP contribution < -0.4 is 15.2 Å². The summed E-state index contributed by atoms with van der Waals surface area (Å²) in [7, 11) is 0. The molecule has 0 unspecified atom stereocenters. The largest absolute Gasteiger partial charge is 0.490 e. The number of rotatable bonds is 2. The van der Waals surface area contributed by atoms with E-state index in [4.69, 9.17) is 15.2 Å². The minimum atomic E-state index is 0.147. The standard InChI is InChI=1S/C17H25NO2/c1-13-10-14(17(12-18)6-3-2-4-7-17)11-15-16(13)20-9-5-8-19-15/h10-11H,2-9,12,18H2,1H3. The van der Waals surface area contributed by atoms with Crippen LogP contribution in [0, 0.1) is 6.92 Å². The molecule has 1 heterocycles. The molecule has 1 aliphatic heterocycles. The normalized spacial score (nSPS) is 21.3. The van der Waals surface area contributed by atoms with Crippen LogP contribution in [0.15, 0.2) is 12.1 Å². The Kier molecular flexibility index (Phi) is 3.88. The second-order valence-corrected chi connectivity index (χ2v) is 6.22. The SMILES string of the molecule is Cc1cc(C2(CN)CCCCC2)cc2c1OCCCO2. The molecule has 3 rings (SSSR count). The van der Waals surface area contributed by atoms with Crippen molar-refractivity contribution in [1.29, 1.82) is 0 Å². The molecule has 0 bridgehead atoms. The van der Waals surface area contributed by atoms with Gasteiger partial charge >= 0.3 is 0 Å². The Labute approximate surface area is 121 Å². The first-order valence-corrected chi connectivity index (χ1v) is 7.86. The minimum absolute atomic E-state index is 0.147. The topological polar surface area (TPSA) is 44.5 Å². The van der Waals surface area contributed by atoms with Gasteiger partial charge in [-0.15, -0.1) is 0 Å². The molecule has 1 aromatic rings. The Hall–Kier alpha value is -1.22. The van der Waals surface area contributed by atoms with Gasteiger partial charge in [-0.2, -0.15) is 0 Å². The third kappa shape index (κ3) is 2.39. The fourth-order valence-electron chi connectivity index (χ4n) is 3.59. The average molecular weight is 275 g/mol. The molecule has 0 spiro atoms. The molecule has 1 aromatic carbocycles. The highest BCUT2D eigenvalue weighted by molar-refractivity contribution is 5.51. The summed E-state index contributed by atoms with van der Waals surface area (Å²) in [5.74, 6) is 1.84. The van der Waals surface area contributed by atoms with E-state index in [9.17, 15) is 0 Å². The number of hydrogen-bond acceptors (Lipinski definition) is 3. The first-order chi connectivity index (χ1) is 9.75. The van der Waals surface area contributed by atoms with Gasteiger partial charge in [-0.05, 0) is 37.0 Å². The van der Waals surface area contributed by atoms with Gasteiger partial charge in [-0.3, -0.25) is 0 Å². The fraction of sp³-hybridized carbons (Fsp3) is 0.647. The predicted octanol–water partition coefficient (Wildman–Crippen LogP) is 3.32. The van der Waals surface area contributed by atoms with E-state index in [1.165, 1.54) is 43.2 Å². The van der Waals surface area contributed by atoms with Crippen molar-refractivity contribution >= 4 is 0 Å². The van der Waals surface area contributed by atoms with Gasteiger partial charge in [0, 0.05) is 18.4 Å². The van der Waals surface area contributed by atoms with Gasteiger partial charge in [0.2, 0.25) is 0 Å². The zero-order valence-electron chi connectivity index (χ0n) is 12.4. The van der Waals surface area contributed by atoms with Gasteiger partial charge in [-0.1, -0.05) is 25.3 Å². The lowest BCUT2D eigenvalue weighted by Crippen LogP contribution is -2.37. The second-order valence-electron chi connectivity index (χ2n) is 6.22. The third-order valence-electron chi connectivity index (χ3n) is 4.85. The molecule has 1 aliphatic carbocycles. The summed E-state index contributed by atoms with van der Waals surface area (Å²) in [5, 5.41) is 0. The van der Waals surface area contributed by atoms with Crippen LogP contribution in [0.25, 0.3) is 0 Å². The lowest BCUT2D eigenvalue weighted by atomic mass is 9.69. The van der Waals surface area contributed by atoms with Crippen LogP contribution in [0.3, 0.4) is 0 Å². The smallest absolute Gasteiger partial charge is 0.164 e. The van der Waals surface area contributed by atoms with E-state index < -0.39 is 0 Å². The van der Waals surface area contributed by atoms with Crippen LogP contribution >= 0.6 is 0 Å². The maximum Gasteiger partial charge on any atom is 0.164 e. The number of aryl methyl sites for hydroxylation is 1. The first kappa shape index (κ1) is 13.7. The predicted molar refractivity (Wildman–Crippen MR) is 80.6 cm³/mol. The Bertz CT molecular complexity index is 478. The zero-order chi connectivity index (χ0) is 14.0. The summed E-state index contributed by atoms with van der Waals surface area (Å²) in [6.07, 6.45) is 7.25. The van der Waals surface area contributed by atoms with E-state index in [1.807, 2.05) is 0 Å². The Balaban J connectivity index is 2.01. The Morgan fingerprint density at radius 3 is 2.55 bits per heavy atom. The van der Waals surface area contributed by atoms with Crippen molar-refractivity contribution in [2.45, 2.75) is 50.9 Å². The van der Waals surface area contributed by atoms with Crippen molar-refractivity contribution in [3.05, 3.63) is 23.3 Å². The molecule has 0 atom stereocenters. The lowest BCUT2D eigenvalue weighted by Gasteiger charge is -2.37. The van der Waals surface area contributed by atoms with Gasteiger partial charge in [-0.25, -0.2) is 0 Å². The zero-order valence-corrected chi connectivity index (χ0v) is 12.4. The molecular formula is C17H25NO2. The molecule has 2 aliphatic rings. The molecule has 20 heavy (non-hydrogen) atoms. The maximum absolute atomic E-state index is 6.16. The molecule has 1 fully saturated rings. The molecule has 0 amide bonds. The van der Waals surface area contributed by atoms with Crippen LogP contribution in [-0.2, 0) is 5.41 Å².